The normalized spacial score (nSPS) is 11.6. The van der Waals surface area contributed by atoms with E-state index in [9.17, 15) is 17.6 Å². The van der Waals surface area contributed by atoms with Gasteiger partial charge >= 0.3 is 6.18 Å². The summed E-state index contributed by atoms with van der Waals surface area (Å²) in [6.45, 7) is 0. The molecule has 0 saturated carbocycles. The Morgan fingerprint density at radius 1 is 1.16 bits per heavy atom. The molecule has 0 aromatic carbocycles. The van der Waals surface area contributed by atoms with Crippen molar-refractivity contribution in [3.8, 4) is 11.1 Å². The van der Waals surface area contributed by atoms with Gasteiger partial charge in [0.05, 0.1) is 5.56 Å². The zero-order valence-corrected chi connectivity index (χ0v) is 9.93. The van der Waals surface area contributed by atoms with Gasteiger partial charge in [0.15, 0.2) is 0 Å². The van der Waals surface area contributed by atoms with E-state index in [0.717, 1.165) is 18.3 Å². The number of nitrogen functional groups attached to an aromatic ring is 1. The third kappa shape index (κ3) is 2.60. The first kappa shape index (κ1) is 13.5. The van der Waals surface area contributed by atoms with Crippen molar-refractivity contribution in [2.45, 2.75) is 6.18 Å². The summed E-state index contributed by atoms with van der Waals surface area (Å²) in [6.07, 6.45) is -3.78. The molecule has 0 fully saturated rings. The Bertz CT molecular complexity index is 628. The van der Waals surface area contributed by atoms with Crippen LogP contribution in [0.2, 0.25) is 5.15 Å². The molecule has 3 nitrogen and oxygen atoms in total. The van der Waals surface area contributed by atoms with Crippen molar-refractivity contribution in [2.75, 3.05) is 5.73 Å². The molecule has 0 aliphatic rings. The summed E-state index contributed by atoms with van der Waals surface area (Å²) < 4.78 is 52.3. The van der Waals surface area contributed by atoms with E-state index in [0.29, 0.717) is 0 Å². The van der Waals surface area contributed by atoms with Crippen LogP contribution in [0.5, 0.6) is 0 Å². The molecule has 0 saturated heterocycles. The summed E-state index contributed by atoms with van der Waals surface area (Å²) in [5.74, 6) is -1.28. The van der Waals surface area contributed by atoms with Gasteiger partial charge in [0, 0.05) is 17.3 Å². The van der Waals surface area contributed by atoms with Gasteiger partial charge in [0.1, 0.15) is 11.0 Å². The summed E-state index contributed by atoms with van der Waals surface area (Å²) in [5.41, 5.74) is 3.20. The maximum atomic E-state index is 13.6. The van der Waals surface area contributed by atoms with E-state index in [1.807, 2.05) is 0 Å². The molecule has 2 aromatic rings. The maximum Gasteiger partial charge on any atom is 0.417 e. The SMILES string of the molecule is Nc1ccc(-c2c(C(F)(F)F)ccnc2Cl)c(F)n1. The first-order chi connectivity index (χ1) is 8.80. The molecule has 0 aliphatic carbocycles. The van der Waals surface area contributed by atoms with E-state index in [4.69, 9.17) is 17.3 Å². The number of nitrogens with two attached hydrogens (primary N) is 1. The van der Waals surface area contributed by atoms with Crippen LogP contribution < -0.4 is 5.73 Å². The zero-order chi connectivity index (χ0) is 14.2. The second-order valence-corrected chi connectivity index (χ2v) is 3.95. The predicted molar refractivity (Wildman–Crippen MR) is 61.9 cm³/mol. The molecule has 0 radical (unpaired) electrons. The first-order valence-electron chi connectivity index (χ1n) is 4.95. The number of pyridine rings is 2. The van der Waals surface area contributed by atoms with E-state index < -0.39 is 34.0 Å². The largest absolute Gasteiger partial charge is 0.417 e. The van der Waals surface area contributed by atoms with Crippen LogP contribution in [0.4, 0.5) is 23.4 Å². The highest BCUT2D eigenvalue weighted by Crippen LogP contribution is 2.40. The van der Waals surface area contributed by atoms with Crippen molar-refractivity contribution >= 4 is 17.4 Å². The summed E-state index contributed by atoms with van der Waals surface area (Å²) in [7, 11) is 0. The molecule has 0 aliphatic heterocycles. The van der Waals surface area contributed by atoms with Gasteiger partial charge < -0.3 is 5.73 Å². The lowest BCUT2D eigenvalue weighted by Gasteiger charge is -2.14. The van der Waals surface area contributed by atoms with Crippen molar-refractivity contribution in [1.82, 2.24) is 9.97 Å². The summed E-state index contributed by atoms with van der Waals surface area (Å²) in [4.78, 5) is 6.80. The molecule has 0 atom stereocenters. The molecule has 0 amide bonds. The lowest BCUT2D eigenvalue weighted by atomic mass is 10.0. The van der Waals surface area contributed by atoms with E-state index in [1.54, 1.807) is 0 Å². The van der Waals surface area contributed by atoms with E-state index in [-0.39, 0.29) is 5.82 Å². The van der Waals surface area contributed by atoms with E-state index in [1.165, 1.54) is 6.07 Å². The number of halogens is 5. The second kappa shape index (κ2) is 4.65. The van der Waals surface area contributed by atoms with E-state index >= 15 is 0 Å². The number of rotatable bonds is 1. The Balaban J connectivity index is 2.74. The summed E-state index contributed by atoms with van der Waals surface area (Å²) in [6, 6.07) is 2.98. The molecule has 0 unspecified atom stereocenters. The van der Waals surface area contributed by atoms with Crippen molar-refractivity contribution in [3.05, 3.63) is 41.1 Å². The molecule has 2 aromatic heterocycles. The Morgan fingerprint density at radius 3 is 2.42 bits per heavy atom. The quantitative estimate of drug-likeness (QED) is 0.646. The molecule has 2 heterocycles. The fraction of sp³-hybridized carbons (Fsp3) is 0.0909. The predicted octanol–water partition coefficient (Wildman–Crippen LogP) is 3.54. The summed E-state index contributed by atoms with van der Waals surface area (Å²) >= 11 is 5.64. The van der Waals surface area contributed by atoms with Gasteiger partial charge in [-0.25, -0.2) is 9.97 Å². The average Bonchev–Trinajstić information content (AvgIpc) is 2.28. The van der Waals surface area contributed by atoms with Crippen LogP contribution in [-0.2, 0) is 6.18 Å². The third-order valence-corrected chi connectivity index (χ3v) is 2.64. The topological polar surface area (TPSA) is 51.8 Å². The maximum absolute atomic E-state index is 13.6. The fourth-order valence-corrected chi connectivity index (χ4v) is 1.82. The molecular formula is C11H6ClF4N3. The third-order valence-electron chi connectivity index (χ3n) is 2.35. The Hall–Kier alpha value is -1.89. The molecule has 0 spiro atoms. The highest BCUT2D eigenvalue weighted by atomic mass is 35.5. The number of hydrogen-bond donors (Lipinski definition) is 1. The van der Waals surface area contributed by atoms with Crippen LogP contribution in [0.3, 0.4) is 0 Å². The number of nitrogens with zero attached hydrogens (tertiary/aromatic N) is 2. The highest BCUT2D eigenvalue weighted by molar-refractivity contribution is 6.32. The minimum Gasteiger partial charge on any atom is -0.384 e. The van der Waals surface area contributed by atoms with Crippen LogP contribution in [0.1, 0.15) is 5.56 Å². The fourth-order valence-electron chi connectivity index (χ4n) is 1.56. The van der Waals surface area contributed by atoms with Gasteiger partial charge in [0.25, 0.3) is 0 Å². The van der Waals surface area contributed by atoms with Crippen LogP contribution in [0, 0.1) is 5.95 Å². The van der Waals surface area contributed by atoms with Gasteiger partial charge in [-0.3, -0.25) is 0 Å². The Morgan fingerprint density at radius 2 is 1.84 bits per heavy atom. The van der Waals surface area contributed by atoms with Gasteiger partial charge in [-0.2, -0.15) is 17.6 Å². The lowest BCUT2D eigenvalue weighted by molar-refractivity contribution is -0.137. The zero-order valence-electron chi connectivity index (χ0n) is 9.17. The van der Waals surface area contributed by atoms with Crippen LogP contribution in [0.15, 0.2) is 24.4 Å². The molecule has 2 N–H and O–H groups in total. The molecule has 19 heavy (non-hydrogen) atoms. The molecule has 8 heteroatoms. The number of alkyl halides is 3. The minimum atomic E-state index is -4.68. The molecule has 0 bridgehead atoms. The van der Waals surface area contributed by atoms with Crippen LogP contribution >= 0.6 is 11.6 Å². The monoisotopic (exact) mass is 291 g/mol. The molecular weight excluding hydrogens is 286 g/mol. The van der Waals surface area contributed by atoms with Crippen molar-refractivity contribution in [1.29, 1.82) is 0 Å². The van der Waals surface area contributed by atoms with Gasteiger partial charge in [-0.15, -0.1) is 0 Å². The summed E-state index contributed by atoms with van der Waals surface area (Å²) in [5, 5.41) is -0.458. The Labute approximate surface area is 110 Å². The standard InChI is InChI=1S/C11H6ClF4N3/c12-9-8(5-1-2-7(17)19-10(5)13)6(3-4-18-9)11(14,15)16/h1-4H,(H2,17,19). The average molecular weight is 292 g/mol. The first-order valence-corrected chi connectivity index (χ1v) is 5.32. The van der Waals surface area contributed by atoms with Gasteiger partial charge in [-0.1, -0.05) is 11.6 Å². The molecule has 2 rings (SSSR count). The number of hydrogen-bond acceptors (Lipinski definition) is 3. The minimum absolute atomic E-state index is 0.144. The van der Waals surface area contributed by atoms with Crippen molar-refractivity contribution in [2.24, 2.45) is 0 Å². The molecule has 100 valence electrons. The van der Waals surface area contributed by atoms with Gasteiger partial charge in [0.2, 0.25) is 5.95 Å². The number of anilines is 1. The Kier molecular flexibility index (Phi) is 3.32. The van der Waals surface area contributed by atoms with Crippen LogP contribution in [0.25, 0.3) is 11.1 Å². The van der Waals surface area contributed by atoms with Gasteiger partial charge in [-0.05, 0) is 18.2 Å². The van der Waals surface area contributed by atoms with Crippen LogP contribution in [-0.4, -0.2) is 9.97 Å². The van der Waals surface area contributed by atoms with Crippen molar-refractivity contribution < 1.29 is 17.6 Å². The lowest BCUT2D eigenvalue weighted by Crippen LogP contribution is -2.09. The second-order valence-electron chi connectivity index (χ2n) is 3.60. The number of aromatic nitrogens is 2. The smallest absolute Gasteiger partial charge is 0.384 e. The van der Waals surface area contributed by atoms with Crippen molar-refractivity contribution in [3.63, 3.8) is 0 Å². The van der Waals surface area contributed by atoms with E-state index in [2.05, 4.69) is 9.97 Å². The highest BCUT2D eigenvalue weighted by Gasteiger charge is 2.35.